The van der Waals surface area contributed by atoms with Crippen LogP contribution < -0.4 is 5.32 Å². The second kappa shape index (κ2) is 8.86. The average molecular weight is 391 g/mol. The summed E-state index contributed by atoms with van der Waals surface area (Å²) in [6, 6.07) is 12.0. The first kappa shape index (κ1) is 19.1. The number of hydrogen-bond acceptors (Lipinski definition) is 4. The summed E-state index contributed by atoms with van der Waals surface area (Å²) in [5.41, 5.74) is 3.22. The summed E-state index contributed by atoms with van der Waals surface area (Å²) in [6.07, 6.45) is 6.86. The van der Waals surface area contributed by atoms with Crippen LogP contribution in [0.25, 0.3) is 11.2 Å². The third kappa shape index (κ3) is 4.62. The highest BCUT2D eigenvalue weighted by Crippen LogP contribution is 2.14. The molecule has 0 spiro atoms. The van der Waals surface area contributed by atoms with Crippen LogP contribution in [0.2, 0.25) is 0 Å². The summed E-state index contributed by atoms with van der Waals surface area (Å²) in [5.74, 6) is -0.0164. The maximum atomic E-state index is 12.4. The van der Waals surface area contributed by atoms with Crippen molar-refractivity contribution in [2.24, 2.45) is 0 Å². The number of carbonyl (C=O) groups is 2. The van der Waals surface area contributed by atoms with E-state index in [2.05, 4.69) is 27.4 Å². The number of aryl methyl sites for hydroxylation is 2. The zero-order valence-corrected chi connectivity index (χ0v) is 16.4. The summed E-state index contributed by atoms with van der Waals surface area (Å²) in [4.78, 5) is 34.9. The van der Waals surface area contributed by atoms with Gasteiger partial charge >= 0.3 is 0 Å². The van der Waals surface area contributed by atoms with Crippen molar-refractivity contribution < 1.29 is 9.59 Å². The Bertz CT molecular complexity index is 999. The Labute approximate surface area is 169 Å². The smallest absolute Gasteiger partial charge is 0.252 e. The Kier molecular flexibility index (Phi) is 5.84. The molecule has 0 radical (unpaired) electrons. The number of benzene rings is 1. The van der Waals surface area contributed by atoms with Gasteiger partial charge in [-0.05, 0) is 30.9 Å². The Morgan fingerprint density at radius 2 is 1.97 bits per heavy atom. The monoisotopic (exact) mass is 391 g/mol. The fourth-order valence-corrected chi connectivity index (χ4v) is 3.64. The van der Waals surface area contributed by atoms with Gasteiger partial charge in [0.2, 0.25) is 5.91 Å². The lowest BCUT2D eigenvalue weighted by atomic mass is 10.1. The minimum Gasteiger partial charge on any atom is -0.350 e. The van der Waals surface area contributed by atoms with E-state index in [4.69, 9.17) is 0 Å². The van der Waals surface area contributed by atoms with E-state index in [9.17, 15) is 9.59 Å². The van der Waals surface area contributed by atoms with Crippen LogP contribution in [0, 0.1) is 0 Å². The lowest BCUT2D eigenvalue weighted by Gasteiger charge is -2.26. The summed E-state index contributed by atoms with van der Waals surface area (Å²) in [7, 11) is 0. The number of pyridine rings is 1. The molecule has 150 valence electrons. The number of hydrogen-bond donors (Lipinski definition) is 1. The van der Waals surface area contributed by atoms with Gasteiger partial charge in [-0.25, -0.2) is 9.97 Å². The van der Waals surface area contributed by atoms with Gasteiger partial charge in [0, 0.05) is 38.8 Å². The van der Waals surface area contributed by atoms with Gasteiger partial charge in [-0.2, -0.15) is 0 Å². The van der Waals surface area contributed by atoms with E-state index in [1.54, 1.807) is 18.6 Å². The van der Waals surface area contributed by atoms with Gasteiger partial charge in [-0.15, -0.1) is 0 Å². The van der Waals surface area contributed by atoms with Crippen LogP contribution in [0.4, 0.5) is 0 Å². The SMILES string of the molecule is O=C(NCCN1CCCCC1=O)c1cnc2c(c1)ncn2CCc1ccccc1. The summed E-state index contributed by atoms with van der Waals surface area (Å²) in [5, 5.41) is 2.88. The van der Waals surface area contributed by atoms with Crippen molar-refractivity contribution in [1.82, 2.24) is 24.8 Å². The molecule has 0 unspecified atom stereocenters. The van der Waals surface area contributed by atoms with Crippen LogP contribution in [0.3, 0.4) is 0 Å². The molecule has 3 heterocycles. The molecular weight excluding hydrogens is 366 g/mol. The highest BCUT2D eigenvalue weighted by atomic mass is 16.2. The number of imidazole rings is 1. The molecule has 1 N–H and O–H groups in total. The second-order valence-electron chi connectivity index (χ2n) is 7.33. The van der Waals surface area contributed by atoms with E-state index in [0.29, 0.717) is 30.6 Å². The molecule has 1 aliphatic rings. The Hall–Kier alpha value is -3.22. The van der Waals surface area contributed by atoms with Crippen molar-refractivity contribution in [3.05, 3.63) is 60.0 Å². The first-order chi connectivity index (χ1) is 14.2. The highest BCUT2D eigenvalue weighted by Gasteiger charge is 2.18. The molecule has 2 amide bonds. The number of nitrogens with zero attached hydrogens (tertiary/aromatic N) is 4. The second-order valence-corrected chi connectivity index (χ2v) is 7.33. The average Bonchev–Trinajstić information content (AvgIpc) is 3.16. The van der Waals surface area contributed by atoms with E-state index in [1.165, 1.54) is 5.56 Å². The van der Waals surface area contributed by atoms with Gasteiger partial charge in [0.05, 0.1) is 11.9 Å². The van der Waals surface area contributed by atoms with Gasteiger partial charge < -0.3 is 14.8 Å². The molecule has 0 bridgehead atoms. The summed E-state index contributed by atoms with van der Waals surface area (Å²) < 4.78 is 2.01. The number of likely N-dealkylation sites (tertiary alicyclic amines) is 1. The maximum absolute atomic E-state index is 12.4. The molecule has 29 heavy (non-hydrogen) atoms. The summed E-state index contributed by atoms with van der Waals surface area (Å²) >= 11 is 0. The molecule has 1 saturated heterocycles. The molecule has 4 rings (SSSR count). The van der Waals surface area contributed by atoms with Gasteiger partial charge in [-0.3, -0.25) is 9.59 Å². The van der Waals surface area contributed by atoms with Crippen molar-refractivity contribution in [3.8, 4) is 0 Å². The number of rotatable bonds is 7. The minimum atomic E-state index is -0.192. The first-order valence-corrected chi connectivity index (χ1v) is 10.1. The molecular formula is C22H25N5O2. The molecule has 1 aliphatic heterocycles. The molecule has 0 saturated carbocycles. The third-order valence-corrected chi connectivity index (χ3v) is 5.29. The van der Waals surface area contributed by atoms with E-state index < -0.39 is 0 Å². The molecule has 0 aliphatic carbocycles. The van der Waals surface area contributed by atoms with E-state index >= 15 is 0 Å². The van der Waals surface area contributed by atoms with Crippen molar-refractivity contribution >= 4 is 23.0 Å². The predicted octanol–water partition coefficient (Wildman–Crippen LogP) is 2.42. The van der Waals surface area contributed by atoms with Crippen LogP contribution in [0.15, 0.2) is 48.9 Å². The largest absolute Gasteiger partial charge is 0.350 e. The molecule has 0 atom stereocenters. The quantitative estimate of drug-likeness (QED) is 0.671. The zero-order chi connectivity index (χ0) is 20.1. The molecule has 7 heteroatoms. The van der Waals surface area contributed by atoms with Crippen LogP contribution in [0.1, 0.15) is 35.2 Å². The van der Waals surface area contributed by atoms with E-state index in [1.807, 2.05) is 27.7 Å². The van der Waals surface area contributed by atoms with Crippen molar-refractivity contribution in [2.45, 2.75) is 32.2 Å². The van der Waals surface area contributed by atoms with Gasteiger partial charge in [-0.1, -0.05) is 30.3 Å². The normalized spacial score (nSPS) is 14.3. The third-order valence-electron chi connectivity index (χ3n) is 5.29. The van der Waals surface area contributed by atoms with Crippen molar-refractivity contribution in [2.75, 3.05) is 19.6 Å². The molecule has 2 aromatic heterocycles. The predicted molar refractivity (Wildman–Crippen MR) is 110 cm³/mol. The van der Waals surface area contributed by atoms with Gasteiger partial charge in [0.1, 0.15) is 5.52 Å². The standard InChI is InChI=1S/C22H25N5O2/c28-20-8-4-5-11-26(20)13-10-23-22(29)18-14-19-21(24-15-18)27(16-25-19)12-9-17-6-2-1-3-7-17/h1-3,6-7,14-16H,4-5,8-13H2,(H,23,29). The van der Waals surface area contributed by atoms with Crippen LogP contribution in [0.5, 0.6) is 0 Å². The van der Waals surface area contributed by atoms with E-state index in [-0.39, 0.29) is 11.8 Å². The molecule has 1 fully saturated rings. The Balaban J connectivity index is 1.35. The molecule has 1 aromatic carbocycles. The zero-order valence-electron chi connectivity index (χ0n) is 16.4. The maximum Gasteiger partial charge on any atom is 0.252 e. The van der Waals surface area contributed by atoms with Gasteiger partial charge in [0.25, 0.3) is 5.91 Å². The van der Waals surface area contributed by atoms with Crippen LogP contribution >= 0.6 is 0 Å². The first-order valence-electron chi connectivity index (χ1n) is 10.1. The number of piperidine rings is 1. The lowest BCUT2D eigenvalue weighted by Crippen LogP contribution is -2.41. The molecule has 7 nitrogen and oxygen atoms in total. The van der Waals surface area contributed by atoms with Gasteiger partial charge in [0.15, 0.2) is 5.65 Å². The minimum absolute atomic E-state index is 0.176. The molecule has 3 aromatic rings. The van der Waals surface area contributed by atoms with Crippen LogP contribution in [-0.2, 0) is 17.8 Å². The fourth-order valence-electron chi connectivity index (χ4n) is 3.64. The summed E-state index contributed by atoms with van der Waals surface area (Å²) in [6.45, 7) is 2.55. The number of carbonyl (C=O) groups excluding carboxylic acids is 2. The van der Waals surface area contributed by atoms with Crippen LogP contribution in [-0.4, -0.2) is 50.9 Å². The lowest BCUT2D eigenvalue weighted by molar-refractivity contribution is -0.133. The van der Waals surface area contributed by atoms with E-state index in [0.717, 1.165) is 38.0 Å². The van der Waals surface area contributed by atoms with Crippen molar-refractivity contribution in [3.63, 3.8) is 0 Å². The Morgan fingerprint density at radius 3 is 2.79 bits per heavy atom. The number of fused-ring (bicyclic) bond motifs is 1. The number of amides is 2. The number of aromatic nitrogens is 3. The Morgan fingerprint density at radius 1 is 1.10 bits per heavy atom. The fraction of sp³-hybridized carbons (Fsp3) is 0.364. The topological polar surface area (TPSA) is 80.1 Å². The highest BCUT2D eigenvalue weighted by molar-refractivity contribution is 5.96. The van der Waals surface area contributed by atoms with Crippen molar-refractivity contribution in [1.29, 1.82) is 0 Å². The number of nitrogens with one attached hydrogen (secondary N) is 1.